The second-order valence-corrected chi connectivity index (χ2v) is 6.08. The molecule has 1 N–H and O–H groups in total. The summed E-state index contributed by atoms with van der Waals surface area (Å²) in [5, 5.41) is 13.8. The normalized spacial score (nSPS) is 26.6. The van der Waals surface area contributed by atoms with Crippen LogP contribution in [0.15, 0.2) is 0 Å². The van der Waals surface area contributed by atoms with Crippen molar-refractivity contribution < 1.29 is 4.79 Å². The highest BCUT2D eigenvalue weighted by Gasteiger charge is 2.36. The lowest BCUT2D eigenvalue weighted by molar-refractivity contribution is -0.138. The van der Waals surface area contributed by atoms with Gasteiger partial charge >= 0.3 is 0 Å². The number of nitrogens with one attached hydrogen (secondary N) is 1. The Labute approximate surface area is 125 Å². The minimum absolute atomic E-state index is 0.233. The number of carbonyl (C=O) groups is 1. The number of aromatic amines is 1. The number of aromatic nitrogens is 4. The number of carbonyl (C=O) groups excluding carboxylic acids is 1. The lowest BCUT2D eigenvalue weighted by atomic mass is 9.95. The molecule has 1 amide bonds. The second kappa shape index (κ2) is 6.51. The van der Waals surface area contributed by atoms with E-state index in [0.717, 1.165) is 19.5 Å². The van der Waals surface area contributed by atoms with Gasteiger partial charge in [0.1, 0.15) is 0 Å². The van der Waals surface area contributed by atoms with Gasteiger partial charge in [-0.25, -0.2) is 0 Å². The number of tetrazole rings is 1. The molecule has 2 fully saturated rings. The third kappa shape index (κ3) is 3.23. The van der Waals surface area contributed by atoms with Crippen molar-refractivity contribution in [2.24, 2.45) is 0 Å². The van der Waals surface area contributed by atoms with Gasteiger partial charge in [0.25, 0.3) is 0 Å². The van der Waals surface area contributed by atoms with Crippen LogP contribution in [0.2, 0.25) is 0 Å². The number of rotatable bonds is 4. The summed E-state index contributed by atoms with van der Waals surface area (Å²) in [4.78, 5) is 17.2. The van der Waals surface area contributed by atoms with Gasteiger partial charge in [-0.1, -0.05) is 18.6 Å². The number of hydrogen-bond donors (Lipinski definition) is 1. The fraction of sp³-hybridized carbons (Fsp3) is 0.857. The zero-order chi connectivity index (χ0) is 14.7. The van der Waals surface area contributed by atoms with Crippen LogP contribution in [-0.2, 0) is 11.2 Å². The van der Waals surface area contributed by atoms with Crippen LogP contribution in [0.4, 0.5) is 0 Å². The maximum absolute atomic E-state index is 12.6. The van der Waals surface area contributed by atoms with Gasteiger partial charge in [-0.3, -0.25) is 9.69 Å². The fourth-order valence-electron chi connectivity index (χ4n) is 3.56. The van der Waals surface area contributed by atoms with Crippen molar-refractivity contribution in [3.63, 3.8) is 0 Å². The summed E-state index contributed by atoms with van der Waals surface area (Å²) in [5.41, 5.74) is 0. The summed E-state index contributed by atoms with van der Waals surface area (Å²) in [6.45, 7) is 5.30. The Bertz CT molecular complexity index is 462. The summed E-state index contributed by atoms with van der Waals surface area (Å²) in [6, 6.07) is 0.924. The van der Waals surface area contributed by atoms with Crippen molar-refractivity contribution >= 4 is 5.91 Å². The molecule has 2 unspecified atom stereocenters. The second-order valence-electron chi connectivity index (χ2n) is 6.08. The van der Waals surface area contributed by atoms with Crippen molar-refractivity contribution in [2.45, 2.75) is 57.5 Å². The summed E-state index contributed by atoms with van der Waals surface area (Å²) in [6.07, 6.45) is 5.89. The van der Waals surface area contributed by atoms with E-state index in [-0.39, 0.29) is 5.91 Å². The van der Waals surface area contributed by atoms with Crippen LogP contribution in [0.5, 0.6) is 0 Å². The van der Waals surface area contributed by atoms with E-state index in [2.05, 4.69) is 37.3 Å². The van der Waals surface area contributed by atoms with Crippen molar-refractivity contribution in [2.75, 3.05) is 19.6 Å². The van der Waals surface area contributed by atoms with Crippen molar-refractivity contribution in [3.05, 3.63) is 5.82 Å². The zero-order valence-electron chi connectivity index (χ0n) is 12.7. The van der Waals surface area contributed by atoms with E-state index in [1.807, 2.05) is 0 Å². The average Bonchev–Trinajstić information content (AvgIpc) is 3.04. The standard InChI is InChI=1S/C14H24N6O/c1-2-11-9-19-8-4-3-5-12(19)10-20(11)14(21)7-6-13-15-17-18-16-13/h11-12H,2-10H2,1H3,(H,15,16,17,18). The lowest BCUT2D eigenvalue weighted by Crippen LogP contribution is -2.60. The highest BCUT2D eigenvalue weighted by Crippen LogP contribution is 2.25. The molecular formula is C14H24N6O. The SMILES string of the molecule is CCC1CN2CCCCC2CN1C(=O)CCc1nn[nH]n1. The topological polar surface area (TPSA) is 78.0 Å². The molecule has 0 radical (unpaired) electrons. The molecule has 3 heterocycles. The van der Waals surface area contributed by atoms with Gasteiger partial charge < -0.3 is 4.90 Å². The number of aryl methyl sites for hydroxylation is 1. The number of H-pyrrole nitrogens is 1. The van der Waals surface area contributed by atoms with Crippen molar-refractivity contribution in [3.8, 4) is 0 Å². The first-order valence-corrected chi connectivity index (χ1v) is 8.03. The van der Waals surface area contributed by atoms with Gasteiger partial charge in [-0.2, -0.15) is 5.21 Å². The molecule has 116 valence electrons. The molecule has 2 aliphatic rings. The molecule has 0 aromatic carbocycles. The smallest absolute Gasteiger partial charge is 0.223 e. The third-order valence-electron chi connectivity index (χ3n) is 4.79. The van der Waals surface area contributed by atoms with E-state index < -0.39 is 0 Å². The first-order valence-electron chi connectivity index (χ1n) is 8.03. The van der Waals surface area contributed by atoms with Crippen LogP contribution in [-0.4, -0.2) is 68.0 Å². The molecular weight excluding hydrogens is 268 g/mol. The summed E-state index contributed by atoms with van der Waals surface area (Å²) in [7, 11) is 0. The number of nitrogens with zero attached hydrogens (tertiary/aromatic N) is 5. The minimum atomic E-state index is 0.233. The summed E-state index contributed by atoms with van der Waals surface area (Å²) < 4.78 is 0. The Morgan fingerprint density at radius 1 is 1.38 bits per heavy atom. The van der Waals surface area contributed by atoms with Crippen molar-refractivity contribution in [1.82, 2.24) is 30.4 Å². The molecule has 0 aliphatic carbocycles. The van der Waals surface area contributed by atoms with E-state index in [1.165, 1.54) is 25.8 Å². The first-order chi connectivity index (χ1) is 10.3. The fourth-order valence-corrected chi connectivity index (χ4v) is 3.56. The first kappa shape index (κ1) is 14.4. The van der Waals surface area contributed by atoms with Crippen LogP contribution in [0, 0.1) is 0 Å². The number of fused-ring (bicyclic) bond motifs is 1. The molecule has 7 nitrogen and oxygen atoms in total. The maximum Gasteiger partial charge on any atom is 0.223 e. The molecule has 2 aliphatic heterocycles. The molecule has 7 heteroatoms. The minimum Gasteiger partial charge on any atom is -0.337 e. The highest BCUT2D eigenvalue weighted by atomic mass is 16.2. The molecule has 0 saturated carbocycles. The van der Waals surface area contributed by atoms with Gasteiger partial charge in [0, 0.05) is 38.0 Å². The lowest BCUT2D eigenvalue weighted by Gasteiger charge is -2.48. The summed E-state index contributed by atoms with van der Waals surface area (Å²) in [5.74, 6) is 0.851. The maximum atomic E-state index is 12.6. The van der Waals surface area contributed by atoms with Gasteiger partial charge in [-0.15, -0.1) is 10.2 Å². The molecule has 3 rings (SSSR count). The van der Waals surface area contributed by atoms with Gasteiger partial charge in [0.05, 0.1) is 0 Å². The Hall–Kier alpha value is -1.50. The number of piperazine rings is 1. The largest absolute Gasteiger partial charge is 0.337 e. The average molecular weight is 292 g/mol. The number of amides is 1. The van der Waals surface area contributed by atoms with Crippen molar-refractivity contribution in [1.29, 1.82) is 0 Å². The molecule has 1 aromatic rings. The number of hydrogen-bond acceptors (Lipinski definition) is 5. The molecule has 1 aromatic heterocycles. The van der Waals surface area contributed by atoms with Crippen LogP contribution >= 0.6 is 0 Å². The van der Waals surface area contributed by atoms with E-state index in [1.54, 1.807) is 0 Å². The van der Waals surface area contributed by atoms with Crippen LogP contribution < -0.4 is 0 Å². The molecule has 0 bridgehead atoms. The van der Waals surface area contributed by atoms with Crippen LogP contribution in [0.1, 0.15) is 44.9 Å². The van der Waals surface area contributed by atoms with Gasteiger partial charge in [-0.05, 0) is 25.8 Å². The van der Waals surface area contributed by atoms with E-state index in [0.29, 0.717) is 30.7 Å². The Morgan fingerprint density at radius 3 is 3.05 bits per heavy atom. The Morgan fingerprint density at radius 2 is 2.29 bits per heavy atom. The predicted molar refractivity (Wildman–Crippen MR) is 77.5 cm³/mol. The zero-order valence-corrected chi connectivity index (χ0v) is 12.7. The third-order valence-corrected chi connectivity index (χ3v) is 4.79. The van der Waals surface area contributed by atoms with Crippen LogP contribution in [0.25, 0.3) is 0 Å². The molecule has 21 heavy (non-hydrogen) atoms. The molecule has 0 spiro atoms. The van der Waals surface area contributed by atoms with Crippen LogP contribution in [0.3, 0.4) is 0 Å². The highest BCUT2D eigenvalue weighted by molar-refractivity contribution is 5.77. The van der Waals surface area contributed by atoms with Gasteiger partial charge in [0.2, 0.25) is 5.91 Å². The van der Waals surface area contributed by atoms with E-state index in [9.17, 15) is 4.79 Å². The number of piperidine rings is 1. The van der Waals surface area contributed by atoms with E-state index in [4.69, 9.17) is 0 Å². The van der Waals surface area contributed by atoms with E-state index >= 15 is 0 Å². The quantitative estimate of drug-likeness (QED) is 0.879. The Balaban J connectivity index is 1.60. The van der Waals surface area contributed by atoms with Gasteiger partial charge in [0.15, 0.2) is 5.82 Å². The Kier molecular flexibility index (Phi) is 4.48. The monoisotopic (exact) mass is 292 g/mol. The summed E-state index contributed by atoms with van der Waals surface area (Å²) >= 11 is 0. The molecule has 2 saturated heterocycles. The molecule has 2 atom stereocenters. The predicted octanol–water partition coefficient (Wildman–Crippen LogP) is 0.608.